The zero-order valence-corrected chi connectivity index (χ0v) is 13.9. The van der Waals surface area contributed by atoms with Crippen LogP contribution in [0.4, 0.5) is 0 Å². The van der Waals surface area contributed by atoms with Gasteiger partial charge in [0.25, 0.3) is 0 Å². The highest BCUT2D eigenvalue weighted by molar-refractivity contribution is 7.89. The number of ether oxygens (including phenoxy) is 1. The number of hydrogen-bond donors (Lipinski definition) is 2. The van der Waals surface area contributed by atoms with Gasteiger partial charge in [-0.25, -0.2) is 13.1 Å². The van der Waals surface area contributed by atoms with Crippen molar-refractivity contribution >= 4 is 10.0 Å². The molecule has 120 valence electrons. The molecule has 0 saturated heterocycles. The van der Waals surface area contributed by atoms with E-state index in [-0.39, 0.29) is 29.4 Å². The van der Waals surface area contributed by atoms with E-state index in [1.165, 1.54) is 12.1 Å². The monoisotopic (exact) mass is 315 g/mol. The molecule has 5 nitrogen and oxygen atoms in total. The van der Waals surface area contributed by atoms with E-state index < -0.39 is 10.0 Å². The van der Waals surface area contributed by atoms with Gasteiger partial charge in [-0.1, -0.05) is 27.7 Å². The number of aliphatic hydroxyl groups is 1. The molecule has 21 heavy (non-hydrogen) atoms. The molecule has 0 aliphatic rings. The van der Waals surface area contributed by atoms with E-state index in [9.17, 15) is 8.42 Å². The molecule has 0 amide bonds. The number of rotatable bonds is 7. The molecule has 1 atom stereocenters. The van der Waals surface area contributed by atoms with Gasteiger partial charge in [0.1, 0.15) is 12.4 Å². The van der Waals surface area contributed by atoms with Crippen LogP contribution in [0.3, 0.4) is 0 Å². The van der Waals surface area contributed by atoms with Crippen molar-refractivity contribution in [3.63, 3.8) is 0 Å². The Hall–Kier alpha value is -1.11. The number of aliphatic hydroxyl groups excluding tert-OH is 1. The summed E-state index contributed by atoms with van der Waals surface area (Å²) in [5.41, 5.74) is 0.0461. The first-order valence-electron chi connectivity index (χ1n) is 7.00. The molecule has 1 unspecified atom stereocenters. The highest BCUT2D eigenvalue weighted by Crippen LogP contribution is 2.25. The van der Waals surface area contributed by atoms with Crippen LogP contribution in [-0.2, 0) is 10.0 Å². The van der Waals surface area contributed by atoms with E-state index in [0.29, 0.717) is 12.3 Å². The summed E-state index contributed by atoms with van der Waals surface area (Å²) in [7, 11) is -3.51. The van der Waals surface area contributed by atoms with Crippen LogP contribution in [0, 0.1) is 11.3 Å². The molecule has 0 bridgehead atoms. The van der Waals surface area contributed by atoms with Gasteiger partial charge in [-0.2, -0.15) is 0 Å². The summed E-state index contributed by atoms with van der Waals surface area (Å²) in [6, 6.07) is 6.16. The maximum absolute atomic E-state index is 12.2. The van der Waals surface area contributed by atoms with Crippen LogP contribution in [0.25, 0.3) is 0 Å². The first-order valence-corrected chi connectivity index (χ1v) is 8.48. The lowest BCUT2D eigenvalue weighted by molar-refractivity contribution is 0.201. The second-order valence-electron chi connectivity index (χ2n) is 6.16. The largest absolute Gasteiger partial charge is 0.491 e. The fourth-order valence-electron chi connectivity index (χ4n) is 1.50. The van der Waals surface area contributed by atoms with E-state index >= 15 is 0 Å². The van der Waals surface area contributed by atoms with Crippen molar-refractivity contribution in [3.05, 3.63) is 24.3 Å². The summed E-state index contributed by atoms with van der Waals surface area (Å²) in [6.07, 6.45) is 0. The third-order valence-electron chi connectivity index (χ3n) is 3.55. The van der Waals surface area contributed by atoms with Gasteiger partial charge < -0.3 is 9.84 Å². The maximum atomic E-state index is 12.2. The summed E-state index contributed by atoms with van der Waals surface area (Å²) in [5, 5.41) is 8.67. The van der Waals surface area contributed by atoms with E-state index in [0.717, 1.165) is 0 Å². The van der Waals surface area contributed by atoms with Crippen molar-refractivity contribution in [1.82, 2.24) is 4.72 Å². The Bertz CT molecular complexity index is 532. The molecule has 0 radical (unpaired) electrons. The zero-order chi connectivity index (χ0) is 16.1. The van der Waals surface area contributed by atoms with Crippen LogP contribution in [0.2, 0.25) is 0 Å². The topological polar surface area (TPSA) is 75.6 Å². The maximum Gasteiger partial charge on any atom is 0.240 e. The lowest BCUT2D eigenvalue weighted by Gasteiger charge is -2.27. The van der Waals surface area contributed by atoms with Gasteiger partial charge in [-0.3, -0.25) is 0 Å². The molecule has 0 aliphatic heterocycles. The summed E-state index contributed by atoms with van der Waals surface area (Å²) in [4.78, 5) is 0.208. The fourth-order valence-corrected chi connectivity index (χ4v) is 2.63. The highest BCUT2D eigenvalue weighted by Gasteiger charge is 2.22. The van der Waals surface area contributed by atoms with Gasteiger partial charge in [0.2, 0.25) is 10.0 Å². The summed E-state index contributed by atoms with van der Waals surface area (Å²) >= 11 is 0. The lowest BCUT2D eigenvalue weighted by Crippen LogP contribution is -2.33. The SMILES string of the molecule is CC(CNS(=O)(=O)c1ccc(OCCO)cc1)C(C)(C)C. The van der Waals surface area contributed by atoms with Crippen molar-refractivity contribution in [2.24, 2.45) is 11.3 Å². The Balaban J connectivity index is 2.70. The quantitative estimate of drug-likeness (QED) is 0.807. The second kappa shape index (κ2) is 7.24. The molecule has 0 fully saturated rings. The first-order chi connectivity index (χ1) is 9.66. The van der Waals surface area contributed by atoms with E-state index in [2.05, 4.69) is 25.5 Å². The molecule has 6 heteroatoms. The Morgan fingerprint density at radius 3 is 2.29 bits per heavy atom. The molecule has 0 spiro atoms. The van der Waals surface area contributed by atoms with Crippen LogP contribution in [0.15, 0.2) is 29.2 Å². The minimum absolute atomic E-state index is 0.0461. The Morgan fingerprint density at radius 1 is 1.24 bits per heavy atom. The molecule has 2 N–H and O–H groups in total. The predicted octanol–water partition coefficient (Wildman–Crippen LogP) is 2.02. The van der Waals surface area contributed by atoms with Gasteiger partial charge in [0.05, 0.1) is 11.5 Å². The molecule has 0 aromatic heterocycles. The lowest BCUT2D eigenvalue weighted by atomic mass is 9.82. The van der Waals surface area contributed by atoms with Crippen molar-refractivity contribution in [1.29, 1.82) is 0 Å². The van der Waals surface area contributed by atoms with Gasteiger partial charge >= 0.3 is 0 Å². The van der Waals surface area contributed by atoms with Gasteiger partial charge in [0, 0.05) is 6.54 Å². The van der Waals surface area contributed by atoms with Gasteiger partial charge in [-0.05, 0) is 35.6 Å². The normalized spacial score (nSPS) is 14.0. The van der Waals surface area contributed by atoms with Crippen LogP contribution in [0.5, 0.6) is 5.75 Å². The number of benzene rings is 1. The van der Waals surface area contributed by atoms with Crippen LogP contribution >= 0.6 is 0 Å². The molecule has 0 aliphatic carbocycles. The molecular formula is C15H25NO4S. The summed E-state index contributed by atoms with van der Waals surface area (Å²) in [5.74, 6) is 0.755. The summed E-state index contributed by atoms with van der Waals surface area (Å²) in [6.45, 7) is 8.78. The molecular weight excluding hydrogens is 290 g/mol. The van der Waals surface area contributed by atoms with Crippen LogP contribution in [0.1, 0.15) is 27.7 Å². The molecule has 1 aromatic carbocycles. The third-order valence-corrected chi connectivity index (χ3v) is 4.99. The Morgan fingerprint density at radius 2 is 1.81 bits per heavy atom. The van der Waals surface area contributed by atoms with Gasteiger partial charge in [-0.15, -0.1) is 0 Å². The fraction of sp³-hybridized carbons (Fsp3) is 0.600. The molecule has 1 rings (SSSR count). The average molecular weight is 315 g/mol. The minimum atomic E-state index is -3.51. The Kier molecular flexibility index (Phi) is 6.19. The van der Waals surface area contributed by atoms with E-state index in [1.54, 1.807) is 12.1 Å². The average Bonchev–Trinajstić information content (AvgIpc) is 2.42. The van der Waals surface area contributed by atoms with E-state index in [1.807, 2.05) is 6.92 Å². The van der Waals surface area contributed by atoms with Crippen molar-refractivity contribution in [2.45, 2.75) is 32.6 Å². The molecule has 0 heterocycles. The smallest absolute Gasteiger partial charge is 0.240 e. The summed E-state index contributed by atoms with van der Waals surface area (Å²) < 4.78 is 32.2. The van der Waals surface area contributed by atoms with Gasteiger partial charge in [0.15, 0.2) is 0 Å². The zero-order valence-electron chi connectivity index (χ0n) is 13.1. The van der Waals surface area contributed by atoms with Crippen molar-refractivity contribution in [2.75, 3.05) is 19.8 Å². The standard InChI is InChI=1S/C15H25NO4S/c1-12(15(2,3)4)11-16-21(18,19)14-7-5-13(6-8-14)20-10-9-17/h5-8,12,16-17H,9-11H2,1-4H3. The minimum Gasteiger partial charge on any atom is -0.491 e. The number of hydrogen-bond acceptors (Lipinski definition) is 4. The molecule has 0 saturated carbocycles. The number of sulfonamides is 1. The molecule has 1 aromatic rings. The highest BCUT2D eigenvalue weighted by atomic mass is 32.2. The third kappa shape index (κ3) is 5.65. The first kappa shape index (κ1) is 17.9. The van der Waals surface area contributed by atoms with Crippen LogP contribution in [-0.4, -0.2) is 33.3 Å². The van der Waals surface area contributed by atoms with Crippen molar-refractivity contribution in [3.8, 4) is 5.75 Å². The predicted molar refractivity (Wildman–Crippen MR) is 82.8 cm³/mol. The van der Waals surface area contributed by atoms with Crippen molar-refractivity contribution < 1.29 is 18.3 Å². The van der Waals surface area contributed by atoms with E-state index in [4.69, 9.17) is 9.84 Å². The van der Waals surface area contributed by atoms with Crippen LogP contribution < -0.4 is 9.46 Å². The second-order valence-corrected chi connectivity index (χ2v) is 7.93. The number of nitrogens with one attached hydrogen (secondary N) is 1. The Labute approximate surface area is 127 Å².